The van der Waals surface area contributed by atoms with E-state index in [1.165, 1.54) is 0 Å². The van der Waals surface area contributed by atoms with Crippen molar-refractivity contribution in [1.82, 2.24) is 15.1 Å². The van der Waals surface area contributed by atoms with Gasteiger partial charge < -0.3 is 14.8 Å². The number of hydrogen-bond donors (Lipinski definition) is 1. The van der Waals surface area contributed by atoms with E-state index < -0.39 is 0 Å². The summed E-state index contributed by atoms with van der Waals surface area (Å²) in [5, 5.41) is 8.03. The van der Waals surface area contributed by atoms with Crippen LogP contribution in [-0.4, -0.2) is 42.2 Å². The highest BCUT2D eigenvalue weighted by Crippen LogP contribution is 2.39. The minimum absolute atomic E-state index is 0.109. The van der Waals surface area contributed by atoms with E-state index in [-0.39, 0.29) is 11.6 Å². The van der Waals surface area contributed by atoms with Gasteiger partial charge in [0.25, 0.3) is 0 Å². The third-order valence-electron chi connectivity index (χ3n) is 4.09. The Hall–Kier alpha value is -0.430. The summed E-state index contributed by atoms with van der Waals surface area (Å²) in [6.07, 6.45) is 3.65. The van der Waals surface area contributed by atoms with Gasteiger partial charge in [-0.25, -0.2) is 0 Å². The zero-order chi connectivity index (χ0) is 14.6. The minimum Gasteiger partial charge on any atom is -0.381 e. The lowest BCUT2D eigenvalue weighted by molar-refractivity contribution is -0.113. The van der Waals surface area contributed by atoms with Gasteiger partial charge in [0.15, 0.2) is 0 Å². The Labute approximate surface area is 129 Å². The van der Waals surface area contributed by atoms with Gasteiger partial charge in [0.05, 0.1) is 28.0 Å². The van der Waals surface area contributed by atoms with Crippen molar-refractivity contribution in [3.05, 3.63) is 16.4 Å². The van der Waals surface area contributed by atoms with Crippen LogP contribution in [-0.2, 0) is 16.0 Å². The van der Waals surface area contributed by atoms with E-state index in [0.717, 1.165) is 49.3 Å². The number of aryl methyl sites for hydroxylation is 1. The number of aromatic nitrogens is 2. The van der Waals surface area contributed by atoms with E-state index in [1.807, 2.05) is 10.9 Å². The maximum atomic E-state index is 5.97. The average Bonchev–Trinajstić information content (AvgIpc) is 2.86. The van der Waals surface area contributed by atoms with Crippen LogP contribution >= 0.6 is 15.9 Å². The molecule has 1 saturated heterocycles. The summed E-state index contributed by atoms with van der Waals surface area (Å²) in [4.78, 5) is 0. The number of halogens is 1. The maximum absolute atomic E-state index is 5.97. The maximum Gasteiger partial charge on any atom is 0.0931 e. The summed E-state index contributed by atoms with van der Waals surface area (Å²) >= 11 is 3.64. The van der Waals surface area contributed by atoms with Crippen molar-refractivity contribution in [2.45, 2.75) is 44.9 Å². The molecule has 0 aliphatic carbocycles. The van der Waals surface area contributed by atoms with Gasteiger partial charge in [-0.15, -0.1) is 0 Å². The fourth-order valence-corrected chi connectivity index (χ4v) is 3.50. The number of methoxy groups -OCH3 is 1. The molecular formula is C14H24BrN3O2. The van der Waals surface area contributed by atoms with Crippen LogP contribution in [0, 0.1) is 0 Å². The third kappa shape index (κ3) is 2.93. The van der Waals surface area contributed by atoms with Gasteiger partial charge >= 0.3 is 0 Å². The molecule has 1 aliphatic heterocycles. The highest BCUT2D eigenvalue weighted by atomic mass is 79.9. The van der Waals surface area contributed by atoms with Gasteiger partial charge in [0.2, 0.25) is 0 Å². The fraction of sp³-hybridized carbons (Fsp3) is 0.786. The highest BCUT2D eigenvalue weighted by Gasteiger charge is 2.43. The Morgan fingerprint density at radius 2 is 2.20 bits per heavy atom. The molecule has 0 bridgehead atoms. The molecule has 1 aromatic rings. The van der Waals surface area contributed by atoms with Crippen LogP contribution in [0.1, 0.15) is 38.4 Å². The predicted octanol–water partition coefficient (Wildman–Crippen LogP) is 2.51. The van der Waals surface area contributed by atoms with Gasteiger partial charge in [0.1, 0.15) is 0 Å². The summed E-state index contributed by atoms with van der Waals surface area (Å²) in [6, 6.07) is 0.109. The molecule has 0 amide bonds. The largest absolute Gasteiger partial charge is 0.381 e. The summed E-state index contributed by atoms with van der Waals surface area (Å²) < 4.78 is 14.6. The molecule has 2 heterocycles. The van der Waals surface area contributed by atoms with Crippen molar-refractivity contribution in [3.63, 3.8) is 0 Å². The summed E-state index contributed by atoms with van der Waals surface area (Å²) in [6.45, 7) is 7.45. The number of nitrogens with one attached hydrogen (secondary N) is 1. The molecule has 0 spiro atoms. The van der Waals surface area contributed by atoms with Crippen LogP contribution in [0.25, 0.3) is 0 Å². The standard InChI is InChI=1S/C14H24BrN3O2/c1-4-16-13(12-11(15)10-17-18(12)5-2)14(19-3)6-8-20-9-7-14/h10,13,16H,4-9H2,1-3H3. The van der Waals surface area contributed by atoms with E-state index >= 15 is 0 Å². The minimum atomic E-state index is -0.232. The zero-order valence-corrected chi connectivity index (χ0v) is 14.1. The van der Waals surface area contributed by atoms with Crippen molar-refractivity contribution in [3.8, 4) is 0 Å². The molecule has 2 rings (SSSR count). The molecular weight excluding hydrogens is 322 g/mol. The van der Waals surface area contributed by atoms with Crippen molar-refractivity contribution < 1.29 is 9.47 Å². The third-order valence-corrected chi connectivity index (χ3v) is 4.70. The first kappa shape index (κ1) is 15.9. The smallest absolute Gasteiger partial charge is 0.0931 e. The lowest BCUT2D eigenvalue weighted by atomic mass is 9.84. The molecule has 1 aromatic heterocycles. The van der Waals surface area contributed by atoms with E-state index in [4.69, 9.17) is 9.47 Å². The molecule has 6 heteroatoms. The number of hydrogen-bond acceptors (Lipinski definition) is 4. The molecule has 0 aromatic carbocycles. The Morgan fingerprint density at radius 3 is 2.75 bits per heavy atom. The van der Waals surface area contributed by atoms with Crippen molar-refractivity contribution in [2.24, 2.45) is 0 Å². The Bertz CT molecular complexity index is 430. The lowest BCUT2D eigenvalue weighted by Gasteiger charge is -2.42. The molecule has 1 unspecified atom stereocenters. The quantitative estimate of drug-likeness (QED) is 0.860. The van der Waals surface area contributed by atoms with Crippen LogP contribution in [0.3, 0.4) is 0 Å². The van der Waals surface area contributed by atoms with E-state index in [1.54, 1.807) is 7.11 Å². The Balaban J connectivity index is 2.40. The molecule has 1 N–H and O–H groups in total. The molecule has 0 radical (unpaired) electrons. The summed E-state index contributed by atoms with van der Waals surface area (Å²) in [7, 11) is 1.80. The zero-order valence-electron chi connectivity index (χ0n) is 12.5. The van der Waals surface area contributed by atoms with Gasteiger partial charge in [0, 0.05) is 39.7 Å². The molecule has 0 saturated carbocycles. The normalized spacial score (nSPS) is 20.0. The topological polar surface area (TPSA) is 48.3 Å². The van der Waals surface area contributed by atoms with Gasteiger partial charge in [-0.05, 0) is 29.4 Å². The second-order valence-corrected chi connectivity index (χ2v) is 5.92. The first-order valence-electron chi connectivity index (χ1n) is 7.26. The molecule has 1 atom stereocenters. The van der Waals surface area contributed by atoms with E-state index in [2.05, 4.69) is 40.2 Å². The van der Waals surface area contributed by atoms with Gasteiger partial charge in [-0.2, -0.15) is 5.10 Å². The summed E-state index contributed by atoms with van der Waals surface area (Å²) in [5.41, 5.74) is 0.933. The van der Waals surface area contributed by atoms with Crippen LogP contribution in [0.4, 0.5) is 0 Å². The molecule has 20 heavy (non-hydrogen) atoms. The summed E-state index contributed by atoms with van der Waals surface area (Å²) in [5.74, 6) is 0. The Morgan fingerprint density at radius 1 is 1.50 bits per heavy atom. The first-order valence-corrected chi connectivity index (χ1v) is 8.05. The first-order chi connectivity index (χ1) is 9.68. The molecule has 1 fully saturated rings. The van der Waals surface area contributed by atoms with Crippen molar-refractivity contribution >= 4 is 15.9 Å². The van der Waals surface area contributed by atoms with Crippen molar-refractivity contribution in [1.29, 1.82) is 0 Å². The van der Waals surface area contributed by atoms with Crippen LogP contribution in [0.2, 0.25) is 0 Å². The highest BCUT2D eigenvalue weighted by molar-refractivity contribution is 9.10. The number of rotatable bonds is 6. The van der Waals surface area contributed by atoms with Gasteiger partial charge in [-0.3, -0.25) is 4.68 Å². The van der Waals surface area contributed by atoms with Crippen LogP contribution in [0.15, 0.2) is 10.7 Å². The lowest BCUT2D eigenvalue weighted by Crippen LogP contribution is -2.50. The predicted molar refractivity (Wildman–Crippen MR) is 81.8 cm³/mol. The monoisotopic (exact) mass is 345 g/mol. The van der Waals surface area contributed by atoms with Crippen LogP contribution in [0.5, 0.6) is 0 Å². The molecule has 114 valence electrons. The SMILES string of the molecule is CCNC(c1c(Br)cnn1CC)C1(OC)CCOCC1. The van der Waals surface area contributed by atoms with E-state index in [9.17, 15) is 0 Å². The van der Waals surface area contributed by atoms with Crippen LogP contribution < -0.4 is 5.32 Å². The molecule has 5 nitrogen and oxygen atoms in total. The fourth-order valence-electron chi connectivity index (χ4n) is 2.97. The Kier molecular flexibility index (Phi) is 5.60. The average molecular weight is 346 g/mol. The molecule has 1 aliphatic rings. The second kappa shape index (κ2) is 7.02. The van der Waals surface area contributed by atoms with Crippen molar-refractivity contribution in [2.75, 3.05) is 26.9 Å². The number of ether oxygens (including phenoxy) is 2. The number of likely N-dealkylation sites (N-methyl/N-ethyl adjacent to an activating group) is 1. The number of nitrogens with zero attached hydrogens (tertiary/aromatic N) is 2. The van der Waals surface area contributed by atoms with Gasteiger partial charge in [-0.1, -0.05) is 6.92 Å². The van der Waals surface area contributed by atoms with E-state index in [0.29, 0.717) is 0 Å². The second-order valence-electron chi connectivity index (χ2n) is 5.07.